The molecule has 110 valence electrons. The van der Waals surface area contributed by atoms with Crippen molar-refractivity contribution in [3.05, 3.63) is 35.9 Å². The van der Waals surface area contributed by atoms with Crippen molar-refractivity contribution in [1.82, 2.24) is 20.1 Å². The lowest BCUT2D eigenvalue weighted by molar-refractivity contribution is 0.401. The summed E-state index contributed by atoms with van der Waals surface area (Å²) in [6.07, 6.45) is 2.60. The Morgan fingerprint density at radius 3 is 2.90 bits per heavy atom. The van der Waals surface area contributed by atoms with Crippen LogP contribution in [0.3, 0.4) is 0 Å². The van der Waals surface area contributed by atoms with Crippen LogP contribution in [0.15, 0.2) is 24.5 Å². The average Bonchev–Trinajstić information content (AvgIpc) is 3.00. The largest absolute Gasteiger partial charge is 0.496 e. The molecule has 0 saturated carbocycles. The lowest BCUT2D eigenvalue weighted by Gasteiger charge is -2.20. The van der Waals surface area contributed by atoms with E-state index in [1.165, 1.54) is 0 Å². The number of nitriles is 1. The lowest BCUT2D eigenvalue weighted by Crippen LogP contribution is -2.21. The zero-order valence-electron chi connectivity index (χ0n) is 12.5. The van der Waals surface area contributed by atoms with Crippen molar-refractivity contribution >= 4 is 0 Å². The van der Waals surface area contributed by atoms with Gasteiger partial charge in [0.1, 0.15) is 18.1 Å². The molecule has 0 aliphatic carbocycles. The molecule has 6 heteroatoms. The maximum Gasteiger partial charge on any atom is 0.252 e. The smallest absolute Gasteiger partial charge is 0.252 e. The normalized spacial score (nSPS) is 11.9. The standard InChI is InChI=1S/C15H19N5O/c1-4-8-17-11(2)15-12(6-5-7-13(15)21-3)20-10-18-14(9-16)19-20/h5-7,10-11,17H,4,8H2,1-3H3. The van der Waals surface area contributed by atoms with Crippen LogP contribution in [0.2, 0.25) is 0 Å². The quantitative estimate of drug-likeness (QED) is 0.880. The number of benzene rings is 1. The van der Waals surface area contributed by atoms with Gasteiger partial charge in [0.25, 0.3) is 5.82 Å². The summed E-state index contributed by atoms with van der Waals surface area (Å²) < 4.78 is 7.09. The Hall–Kier alpha value is -2.39. The monoisotopic (exact) mass is 285 g/mol. The summed E-state index contributed by atoms with van der Waals surface area (Å²) in [4.78, 5) is 3.96. The van der Waals surface area contributed by atoms with Gasteiger partial charge in [-0.25, -0.2) is 9.67 Å². The van der Waals surface area contributed by atoms with E-state index >= 15 is 0 Å². The summed E-state index contributed by atoms with van der Waals surface area (Å²) in [7, 11) is 1.65. The topological polar surface area (TPSA) is 75.8 Å². The maximum absolute atomic E-state index is 8.87. The van der Waals surface area contributed by atoms with Gasteiger partial charge in [0.05, 0.1) is 12.8 Å². The van der Waals surface area contributed by atoms with Crippen molar-refractivity contribution in [3.63, 3.8) is 0 Å². The van der Waals surface area contributed by atoms with E-state index in [0.717, 1.165) is 30.0 Å². The summed E-state index contributed by atoms with van der Waals surface area (Å²) in [5.41, 5.74) is 1.86. The summed E-state index contributed by atoms with van der Waals surface area (Å²) in [5, 5.41) is 16.5. The highest BCUT2D eigenvalue weighted by Crippen LogP contribution is 2.30. The number of ether oxygens (including phenoxy) is 1. The second kappa shape index (κ2) is 6.86. The summed E-state index contributed by atoms with van der Waals surface area (Å²) >= 11 is 0. The average molecular weight is 285 g/mol. The van der Waals surface area contributed by atoms with Crippen molar-refractivity contribution in [3.8, 4) is 17.5 Å². The van der Waals surface area contributed by atoms with Crippen LogP contribution in [-0.2, 0) is 0 Å². The third-order valence-corrected chi connectivity index (χ3v) is 3.24. The van der Waals surface area contributed by atoms with Gasteiger partial charge in [0, 0.05) is 11.6 Å². The first-order valence-corrected chi connectivity index (χ1v) is 6.93. The second-order valence-electron chi connectivity index (χ2n) is 4.69. The molecule has 2 rings (SSSR count). The van der Waals surface area contributed by atoms with Crippen molar-refractivity contribution in [1.29, 1.82) is 5.26 Å². The van der Waals surface area contributed by atoms with Gasteiger partial charge in [0.2, 0.25) is 0 Å². The molecule has 0 bridgehead atoms. The Morgan fingerprint density at radius 1 is 1.48 bits per heavy atom. The van der Waals surface area contributed by atoms with E-state index < -0.39 is 0 Å². The summed E-state index contributed by atoms with van der Waals surface area (Å²) in [5.74, 6) is 0.940. The highest BCUT2D eigenvalue weighted by Gasteiger charge is 2.17. The molecule has 1 aromatic heterocycles. The SMILES string of the molecule is CCCNC(C)c1c(OC)cccc1-n1cnc(C#N)n1. The summed E-state index contributed by atoms with van der Waals surface area (Å²) in [6.45, 7) is 5.12. The van der Waals surface area contributed by atoms with Gasteiger partial charge in [0.15, 0.2) is 0 Å². The minimum atomic E-state index is 0.103. The van der Waals surface area contributed by atoms with Crippen LogP contribution in [0.25, 0.3) is 5.69 Å². The first kappa shape index (κ1) is 15.0. The van der Waals surface area contributed by atoms with Crippen LogP contribution in [0.5, 0.6) is 5.75 Å². The van der Waals surface area contributed by atoms with E-state index in [0.29, 0.717) is 0 Å². The van der Waals surface area contributed by atoms with Gasteiger partial charge < -0.3 is 10.1 Å². The Kier molecular flexibility index (Phi) is 4.90. The molecule has 0 spiro atoms. The molecule has 1 unspecified atom stereocenters. The third-order valence-electron chi connectivity index (χ3n) is 3.24. The van der Waals surface area contributed by atoms with Gasteiger partial charge in [-0.2, -0.15) is 5.26 Å². The molecule has 1 heterocycles. The molecule has 2 aromatic rings. The Bertz CT molecular complexity index is 644. The van der Waals surface area contributed by atoms with E-state index in [4.69, 9.17) is 10.00 Å². The van der Waals surface area contributed by atoms with E-state index in [1.54, 1.807) is 18.1 Å². The van der Waals surface area contributed by atoms with Crippen LogP contribution >= 0.6 is 0 Å². The molecule has 0 saturated heterocycles. The molecular weight excluding hydrogens is 266 g/mol. The fourth-order valence-corrected chi connectivity index (χ4v) is 2.24. The maximum atomic E-state index is 8.87. The molecule has 1 N–H and O–H groups in total. The molecule has 0 aliphatic heterocycles. The molecule has 1 atom stereocenters. The van der Waals surface area contributed by atoms with Crippen LogP contribution in [0, 0.1) is 11.3 Å². The van der Waals surface area contributed by atoms with E-state index in [9.17, 15) is 0 Å². The van der Waals surface area contributed by atoms with Crippen LogP contribution in [-0.4, -0.2) is 28.4 Å². The molecule has 0 aliphatic rings. The molecule has 0 radical (unpaired) electrons. The van der Waals surface area contributed by atoms with Gasteiger partial charge in [-0.3, -0.25) is 0 Å². The molecule has 6 nitrogen and oxygen atoms in total. The first-order chi connectivity index (χ1) is 10.2. The van der Waals surface area contributed by atoms with Crippen molar-refractivity contribution < 1.29 is 4.74 Å². The number of methoxy groups -OCH3 is 1. The van der Waals surface area contributed by atoms with Crippen LogP contribution in [0.4, 0.5) is 0 Å². The predicted molar refractivity (Wildman–Crippen MR) is 79.3 cm³/mol. The van der Waals surface area contributed by atoms with Gasteiger partial charge in [-0.15, -0.1) is 5.10 Å². The zero-order valence-corrected chi connectivity index (χ0v) is 12.5. The molecule has 1 aromatic carbocycles. The highest BCUT2D eigenvalue weighted by atomic mass is 16.5. The van der Waals surface area contributed by atoms with Crippen molar-refractivity contribution in [2.75, 3.05) is 13.7 Å². The molecule has 0 amide bonds. The second-order valence-corrected chi connectivity index (χ2v) is 4.69. The summed E-state index contributed by atoms with van der Waals surface area (Å²) in [6, 6.07) is 7.81. The number of rotatable bonds is 6. The zero-order chi connectivity index (χ0) is 15.2. The predicted octanol–water partition coefficient (Wildman–Crippen LogP) is 2.21. The van der Waals surface area contributed by atoms with E-state index in [2.05, 4.69) is 29.2 Å². The number of nitrogens with zero attached hydrogens (tertiary/aromatic N) is 4. The van der Waals surface area contributed by atoms with Crippen LogP contribution < -0.4 is 10.1 Å². The fraction of sp³-hybridized carbons (Fsp3) is 0.400. The van der Waals surface area contributed by atoms with Gasteiger partial charge in [-0.05, 0) is 32.0 Å². The Balaban J connectivity index is 2.47. The Morgan fingerprint density at radius 2 is 2.29 bits per heavy atom. The molecule has 21 heavy (non-hydrogen) atoms. The number of hydrogen-bond acceptors (Lipinski definition) is 5. The number of aromatic nitrogens is 3. The van der Waals surface area contributed by atoms with Crippen molar-refractivity contribution in [2.24, 2.45) is 0 Å². The minimum absolute atomic E-state index is 0.103. The van der Waals surface area contributed by atoms with E-state index in [1.807, 2.05) is 24.3 Å². The minimum Gasteiger partial charge on any atom is -0.496 e. The fourth-order valence-electron chi connectivity index (χ4n) is 2.24. The number of nitrogens with one attached hydrogen (secondary N) is 1. The Labute approximate surface area is 124 Å². The first-order valence-electron chi connectivity index (χ1n) is 6.93. The van der Waals surface area contributed by atoms with Gasteiger partial charge >= 0.3 is 0 Å². The molecule has 0 fully saturated rings. The molecular formula is C15H19N5O. The van der Waals surface area contributed by atoms with Crippen molar-refractivity contribution in [2.45, 2.75) is 26.3 Å². The van der Waals surface area contributed by atoms with E-state index in [-0.39, 0.29) is 11.9 Å². The van der Waals surface area contributed by atoms with Crippen LogP contribution in [0.1, 0.15) is 37.7 Å². The third kappa shape index (κ3) is 3.20. The highest BCUT2D eigenvalue weighted by molar-refractivity contribution is 5.51. The van der Waals surface area contributed by atoms with Gasteiger partial charge in [-0.1, -0.05) is 13.0 Å². The number of hydrogen-bond donors (Lipinski definition) is 1. The lowest BCUT2D eigenvalue weighted by atomic mass is 10.0.